The van der Waals surface area contributed by atoms with Crippen molar-refractivity contribution in [3.05, 3.63) is 34.9 Å². The van der Waals surface area contributed by atoms with E-state index in [1.807, 2.05) is 19.9 Å². The topological polar surface area (TPSA) is 76.0 Å². The van der Waals surface area contributed by atoms with Crippen LogP contribution in [0.1, 0.15) is 83.8 Å². The van der Waals surface area contributed by atoms with Crippen molar-refractivity contribution in [3.63, 3.8) is 0 Å². The third-order valence-electron chi connectivity index (χ3n) is 5.66. The summed E-state index contributed by atoms with van der Waals surface area (Å²) in [5, 5.41) is 18.9. The average molecular weight is 419 g/mol. The number of unbranched alkanes of at least 4 members (excludes halogenated alkanes) is 2. The van der Waals surface area contributed by atoms with Gasteiger partial charge in [0.25, 0.3) is 0 Å². The average Bonchev–Trinajstić information content (AvgIpc) is 2.69. The van der Waals surface area contributed by atoms with E-state index in [2.05, 4.69) is 32.9 Å². The molecule has 5 heteroatoms. The molecule has 0 saturated carbocycles. The number of carbonyl (C=O) groups is 1. The molecule has 2 N–H and O–H groups in total. The highest BCUT2D eigenvalue weighted by Gasteiger charge is 2.30. The lowest BCUT2D eigenvalue weighted by Crippen LogP contribution is -2.29. The first kappa shape index (κ1) is 24.4. The number of aryl methyl sites for hydroxylation is 1. The maximum atomic E-state index is 12.3. The van der Waals surface area contributed by atoms with Crippen LogP contribution in [0.4, 0.5) is 0 Å². The summed E-state index contributed by atoms with van der Waals surface area (Å²) >= 11 is 0. The number of aliphatic hydroxyl groups excluding tert-OH is 2. The molecule has 1 aromatic rings. The molecule has 30 heavy (non-hydrogen) atoms. The molecule has 1 aromatic carbocycles. The highest BCUT2D eigenvalue weighted by Crippen LogP contribution is 2.45. The van der Waals surface area contributed by atoms with Gasteiger partial charge >= 0.3 is 5.97 Å². The number of hydrogen-bond acceptors (Lipinski definition) is 5. The van der Waals surface area contributed by atoms with E-state index < -0.39 is 18.7 Å². The van der Waals surface area contributed by atoms with Crippen LogP contribution in [0, 0.1) is 5.92 Å². The fourth-order valence-corrected chi connectivity index (χ4v) is 3.95. The Labute approximate surface area is 181 Å². The predicted octanol–water partition coefficient (Wildman–Crippen LogP) is 4.92. The summed E-state index contributed by atoms with van der Waals surface area (Å²) in [5.74, 6) is 0.757. The van der Waals surface area contributed by atoms with Crippen LogP contribution in [0.3, 0.4) is 0 Å². The lowest BCUT2D eigenvalue weighted by molar-refractivity contribution is -0.145. The maximum absolute atomic E-state index is 12.3. The third kappa shape index (κ3) is 6.58. The van der Waals surface area contributed by atoms with Crippen molar-refractivity contribution in [2.24, 2.45) is 5.92 Å². The fraction of sp³-hybridized carbons (Fsp3) is 0.640. The zero-order chi connectivity index (χ0) is 22.3. The zero-order valence-electron chi connectivity index (χ0n) is 19.1. The number of benzene rings is 1. The lowest BCUT2D eigenvalue weighted by Gasteiger charge is -2.30. The van der Waals surface area contributed by atoms with Crippen molar-refractivity contribution >= 4 is 5.97 Å². The summed E-state index contributed by atoms with van der Waals surface area (Å²) in [6, 6.07) is 3.99. The van der Waals surface area contributed by atoms with E-state index in [9.17, 15) is 9.90 Å². The fourth-order valence-electron chi connectivity index (χ4n) is 3.95. The summed E-state index contributed by atoms with van der Waals surface area (Å²) in [4.78, 5) is 12.3. The molecule has 3 atom stereocenters. The van der Waals surface area contributed by atoms with E-state index in [0.29, 0.717) is 11.7 Å². The molecule has 0 saturated heterocycles. The second-order valence-corrected chi connectivity index (χ2v) is 8.80. The van der Waals surface area contributed by atoms with Gasteiger partial charge in [0, 0.05) is 11.5 Å². The summed E-state index contributed by atoms with van der Waals surface area (Å²) in [6.45, 7) is 9.80. The molecular weight excluding hydrogens is 380 g/mol. The Kier molecular flexibility index (Phi) is 9.37. The maximum Gasteiger partial charge on any atom is 0.342 e. The number of hydrogen-bond donors (Lipinski definition) is 2. The predicted molar refractivity (Wildman–Crippen MR) is 119 cm³/mol. The molecule has 0 aromatic heterocycles. The summed E-state index contributed by atoms with van der Waals surface area (Å²) in [7, 11) is 0. The number of allylic oxidation sites excluding steroid dienone is 2. The van der Waals surface area contributed by atoms with Gasteiger partial charge in [-0.2, -0.15) is 0 Å². The first-order chi connectivity index (χ1) is 14.3. The normalized spacial score (nSPS) is 20.1. The molecule has 0 bridgehead atoms. The molecule has 2 rings (SSSR count). The molecule has 1 aliphatic carbocycles. The number of carbonyl (C=O) groups excluding carboxylic acids is 1. The molecular formula is C25H38O5. The Morgan fingerprint density at radius 1 is 1.23 bits per heavy atom. The minimum absolute atomic E-state index is 0.0230. The molecule has 0 heterocycles. The van der Waals surface area contributed by atoms with Crippen LogP contribution < -0.4 is 9.47 Å². The number of aliphatic hydroxyl groups is 2. The monoisotopic (exact) mass is 418 g/mol. The number of esters is 1. The Morgan fingerprint density at radius 2 is 1.93 bits per heavy atom. The van der Waals surface area contributed by atoms with Gasteiger partial charge in [0.05, 0.1) is 12.7 Å². The van der Waals surface area contributed by atoms with Gasteiger partial charge in [0.15, 0.2) is 6.10 Å². The van der Waals surface area contributed by atoms with Gasteiger partial charge in [0.2, 0.25) is 0 Å². The molecule has 0 fully saturated rings. The Hall–Kier alpha value is -1.85. The lowest BCUT2D eigenvalue weighted by atomic mass is 9.77. The molecule has 0 spiro atoms. The van der Waals surface area contributed by atoms with Crippen molar-refractivity contribution < 1.29 is 24.5 Å². The van der Waals surface area contributed by atoms with E-state index in [-0.39, 0.29) is 12.0 Å². The van der Waals surface area contributed by atoms with Gasteiger partial charge in [-0.05, 0) is 70.1 Å². The minimum atomic E-state index is -1.56. The van der Waals surface area contributed by atoms with Gasteiger partial charge < -0.3 is 19.7 Å². The molecule has 0 aliphatic heterocycles. The van der Waals surface area contributed by atoms with E-state index in [1.54, 1.807) is 0 Å². The SMILES string of the molecule is CCCCCc1cc(OC(=O)[C@@H](O)CO)c(C2C=C(C)CC[C@H]2C)c(OC(C)C)c1. The first-order valence-corrected chi connectivity index (χ1v) is 11.3. The van der Waals surface area contributed by atoms with Crippen molar-refractivity contribution in [2.45, 2.75) is 91.3 Å². The molecule has 1 unspecified atom stereocenters. The Balaban J connectivity index is 2.57. The second kappa shape index (κ2) is 11.5. The van der Waals surface area contributed by atoms with Crippen LogP contribution >= 0.6 is 0 Å². The molecule has 0 amide bonds. The van der Waals surface area contributed by atoms with Crippen LogP contribution in [-0.4, -0.2) is 35.0 Å². The van der Waals surface area contributed by atoms with Crippen LogP contribution in [-0.2, 0) is 11.2 Å². The van der Waals surface area contributed by atoms with Gasteiger partial charge in [0.1, 0.15) is 11.5 Å². The second-order valence-electron chi connectivity index (χ2n) is 8.80. The quantitative estimate of drug-likeness (QED) is 0.244. The smallest absolute Gasteiger partial charge is 0.342 e. The van der Waals surface area contributed by atoms with E-state index in [4.69, 9.17) is 14.6 Å². The van der Waals surface area contributed by atoms with Crippen molar-refractivity contribution in [1.29, 1.82) is 0 Å². The first-order valence-electron chi connectivity index (χ1n) is 11.3. The standard InChI is InChI=1S/C25H38O5/c1-6-7-8-9-19-13-22(29-16(2)3)24(20-12-17(4)10-11-18(20)5)23(14-19)30-25(28)21(27)15-26/h12-14,16,18,20-21,26-27H,6-11,15H2,1-5H3/t18-,20?,21+/m1/s1. The van der Waals surface area contributed by atoms with E-state index in [0.717, 1.165) is 55.4 Å². The summed E-state index contributed by atoms with van der Waals surface area (Å²) < 4.78 is 11.9. The Morgan fingerprint density at radius 3 is 2.57 bits per heavy atom. The van der Waals surface area contributed by atoms with Gasteiger partial charge in [-0.25, -0.2) is 4.79 Å². The van der Waals surface area contributed by atoms with E-state index in [1.165, 1.54) is 5.57 Å². The van der Waals surface area contributed by atoms with Crippen LogP contribution in [0.5, 0.6) is 11.5 Å². The molecule has 0 radical (unpaired) electrons. The molecule has 5 nitrogen and oxygen atoms in total. The Bertz CT molecular complexity index is 737. The number of rotatable bonds is 10. The highest BCUT2D eigenvalue weighted by atomic mass is 16.6. The largest absolute Gasteiger partial charge is 0.491 e. The van der Waals surface area contributed by atoms with Crippen LogP contribution in [0.2, 0.25) is 0 Å². The minimum Gasteiger partial charge on any atom is -0.491 e. The number of ether oxygens (including phenoxy) is 2. The van der Waals surface area contributed by atoms with E-state index >= 15 is 0 Å². The van der Waals surface area contributed by atoms with Crippen LogP contribution in [0.25, 0.3) is 0 Å². The van der Waals surface area contributed by atoms with Crippen molar-refractivity contribution in [2.75, 3.05) is 6.61 Å². The van der Waals surface area contributed by atoms with Gasteiger partial charge in [-0.3, -0.25) is 0 Å². The van der Waals surface area contributed by atoms with Crippen LogP contribution in [0.15, 0.2) is 23.8 Å². The zero-order valence-corrected chi connectivity index (χ0v) is 19.1. The highest BCUT2D eigenvalue weighted by molar-refractivity contribution is 5.78. The summed E-state index contributed by atoms with van der Waals surface area (Å²) in [5.41, 5.74) is 3.22. The van der Waals surface area contributed by atoms with Gasteiger partial charge in [-0.15, -0.1) is 0 Å². The van der Waals surface area contributed by atoms with Crippen molar-refractivity contribution in [3.8, 4) is 11.5 Å². The molecule has 168 valence electrons. The van der Waals surface area contributed by atoms with Crippen molar-refractivity contribution in [1.82, 2.24) is 0 Å². The summed E-state index contributed by atoms with van der Waals surface area (Å²) in [6.07, 6.45) is 6.94. The van der Waals surface area contributed by atoms with Gasteiger partial charge in [-0.1, -0.05) is 38.3 Å². The third-order valence-corrected chi connectivity index (χ3v) is 5.66. The molecule has 1 aliphatic rings.